The third-order valence-electron chi connectivity index (χ3n) is 4.30. The molecule has 0 saturated heterocycles. The van der Waals surface area contributed by atoms with Gasteiger partial charge in [-0.05, 0) is 37.0 Å². The zero-order valence-corrected chi connectivity index (χ0v) is 6.83. The number of rotatable bonds is 0. The molecule has 0 bridgehead atoms. The first-order valence-electron chi connectivity index (χ1n) is 4.61. The van der Waals surface area contributed by atoms with Gasteiger partial charge in [0.15, 0.2) is 0 Å². The zero-order chi connectivity index (χ0) is 8.34. The van der Waals surface area contributed by atoms with Crippen molar-refractivity contribution < 1.29 is 0 Å². The van der Waals surface area contributed by atoms with Crippen molar-refractivity contribution in [1.29, 1.82) is 10.5 Å². The molecule has 0 heterocycles. The van der Waals surface area contributed by atoms with Crippen LogP contribution in [0.15, 0.2) is 0 Å². The molecule has 0 aromatic carbocycles. The maximum atomic E-state index is 8.96. The number of hydrogen-bond acceptors (Lipinski definition) is 2. The van der Waals surface area contributed by atoms with E-state index in [1.807, 2.05) is 0 Å². The van der Waals surface area contributed by atoms with Gasteiger partial charge in [-0.25, -0.2) is 0 Å². The minimum atomic E-state index is 0.0426. The molecule has 0 N–H and O–H groups in total. The van der Waals surface area contributed by atoms with Crippen molar-refractivity contribution in [2.45, 2.75) is 19.3 Å². The van der Waals surface area contributed by atoms with Gasteiger partial charge in [-0.15, -0.1) is 0 Å². The van der Waals surface area contributed by atoms with Crippen LogP contribution >= 0.6 is 0 Å². The summed E-state index contributed by atoms with van der Waals surface area (Å²) >= 11 is 0. The summed E-state index contributed by atoms with van der Waals surface area (Å²) < 4.78 is 0. The molecule has 3 saturated carbocycles. The second kappa shape index (κ2) is 1.67. The monoisotopic (exact) mass is 158 g/mol. The highest BCUT2D eigenvalue weighted by molar-refractivity contribution is 5.27. The van der Waals surface area contributed by atoms with E-state index in [-0.39, 0.29) is 11.3 Å². The lowest BCUT2D eigenvalue weighted by Gasteiger charge is -2.59. The molecule has 12 heavy (non-hydrogen) atoms. The van der Waals surface area contributed by atoms with E-state index in [2.05, 4.69) is 12.1 Å². The van der Waals surface area contributed by atoms with Crippen LogP contribution in [-0.2, 0) is 0 Å². The molecule has 5 atom stereocenters. The van der Waals surface area contributed by atoms with Gasteiger partial charge in [0, 0.05) is 5.92 Å². The molecule has 0 amide bonds. The number of hydrogen-bond donors (Lipinski definition) is 0. The Labute approximate surface area is 71.8 Å². The van der Waals surface area contributed by atoms with E-state index in [1.54, 1.807) is 0 Å². The van der Waals surface area contributed by atoms with Crippen LogP contribution in [-0.4, -0.2) is 0 Å². The lowest BCUT2D eigenvalue weighted by Crippen LogP contribution is -2.56. The van der Waals surface area contributed by atoms with Crippen LogP contribution < -0.4 is 0 Å². The summed E-state index contributed by atoms with van der Waals surface area (Å²) in [7, 11) is 0. The van der Waals surface area contributed by atoms with Gasteiger partial charge in [-0.1, -0.05) is 0 Å². The van der Waals surface area contributed by atoms with E-state index in [4.69, 9.17) is 10.5 Å². The molecule has 5 unspecified atom stereocenters. The van der Waals surface area contributed by atoms with Gasteiger partial charge in [-0.3, -0.25) is 0 Å². The summed E-state index contributed by atoms with van der Waals surface area (Å²) in [5, 5.41) is 17.8. The Balaban J connectivity index is 1.91. The van der Waals surface area contributed by atoms with Crippen molar-refractivity contribution in [2.75, 3.05) is 0 Å². The van der Waals surface area contributed by atoms with Gasteiger partial charge in [0.25, 0.3) is 0 Å². The van der Waals surface area contributed by atoms with Crippen molar-refractivity contribution in [1.82, 2.24) is 0 Å². The zero-order valence-electron chi connectivity index (χ0n) is 6.83. The van der Waals surface area contributed by atoms with E-state index < -0.39 is 0 Å². The summed E-state index contributed by atoms with van der Waals surface area (Å²) in [5.41, 5.74) is 0.0426. The largest absolute Gasteiger partial charge is 0.198 e. The molecule has 2 heteroatoms. The Hall–Kier alpha value is -1.02. The quantitative estimate of drug-likeness (QED) is 0.538. The molecule has 2 nitrogen and oxygen atoms in total. The van der Waals surface area contributed by atoms with E-state index in [0.29, 0.717) is 11.8 Å². The molecule has 0 radical (unpaired) electrons. The predicted octanol–water partition coefficient (Wildman–Crippen LogP) is 1.70. The third-order valence-corrected chi connectivity index (χ3v) is 4.30. The molecule has 3 aliphatic rings. The van der Waals surface area contributed by atoms with Crippen LogP contribution in [0.2, 0.25) is 0 Å². The highest BCUT2D eigenvalue weighted by Crippen LogP contribution is 2.74. The van der Waals surface area contributed by atoms with Crippen molar-refractivity contribution >= 4 is 0 Å². The standard InChI is InChI=1S/C10H10N2/c11-4-7-1-6-2-10(5-12)3-8(7)9(6)10/h6-9H,1-3H2. The van der Waals surface area contributed by atoms with Crippen molar-refractivity contribution in [3.05, 3.63) is 0 Å². The second-order valence-electron chi connectivity index (χ2n) is 4.60. The highest BCUT2D eigenvalue weighted by Gasteiger charge is 2.71. The predicted molar refractivity (Wildman–Crippen MR) is 41.5 cm³/mol. The van der Waals surface area contributed by atoms with Crippen molar-refractivity contribution in [3.8, 4) is 12.1 Å². The fourth-order valence-electron chi connectivity index (χ4n) is 3.83. The van der Waals surface area contributed by atoms with Gasteiger partial charge in [0.05, 0.1) is 17.6 Å². The Morgan fingerprint density at radius 1 is 1.25 bits per heavy atom. The topological polar surface area (TPSA) is 47.6 Å². The summed E-state index contributed by atoms with van der Waals surface area (Å²) in [6.45, 7) is 0. The average molecular weight is 158 g/mol. The average Bonchev–Trinajstić information content (AvgIpc) is 2.20. The smallest absolute Gasteiger partial charge is 0.0693 e. The molecule has 3 fully saturated rings. The van der Waals surface area contributed by atoms with Crippen molar-refractivity contribution in [3.63, 3.8) is 0 Å². The Bertz CT molecular complexity index is 320. The van der Waals surface area contributed by atoms with E-state index >= 15 is 0 Å². The molecule has 3 rings (SSSR count). The van der Waals surface area contributed by atoms with E-state index in [0.717, 1.165) is 25.2 Å². The normalized spacial score (nSPS) is 58.8. The fraction of sp³-hybridized carbons (Fsp3) is 0.800. The molecule has 3 aliphatic carbocycles. The molecule has 0 aliphatic heterocycles. The second-order valence-corrected chi connectivity index (χ2v) is 4.60. The van der Waals surface area contributed by atoms with Crippen LogP contribution in [0.5, 0.6) is 0 Å². The maximum Gasteiger partial charge on any atom is 0.0693 e. The van der Waals surface area contributed by atoms with Crippen LogP contribution in [0.1, 0.15) is 19.3 Å². The Morgan fingerprint density at radius 2 is 2.08 bits per heavy atom. The van der Waals surface area contributed by atoms with Gasteiger partial charge >= 0.3 is 0 Å². The fourth-order valence-corrected chi connectivity index (χ4v) is 3.83. The lowest BCUT2D eigenvalue weighted by molar-refractivity contribution is -0.106. The van der Waals surface area contributed by atoms with Crippen LogP contribution in [0.3, 0.4) is 0 Å². The minimum absolute atomic E-state index is 0.0426. The lowest BCUT2D eigenvalue weighted by atomic mass is 9.42. The minimum Gasteiger partial charge on any atom is -0.198 e. The Morgan fingerprint density at radius 3 is 2.75 bits per heavy atom. The van der Waals surface area contributed by atoms with E-state index in [9.17, 15) is 0 Å². The number of nitriles is 2. The molecule has 0 aromatic heterocycles. The van der Waals surface area contributed by atoms with Crippen LogP contribution in [0.4, 0.5) is 0 Å². The summed E-state index contributed by atoms with van der Waals surface area (Å²) in [6, 6.07) is 4.83. The molecule has 0 spiro atoms. The van der Waals surface area contributed by atoms with Gasteiger partial charge in [0.1, 0.15) is 0 Å². The summed E-state index contributed by atoms with van der Waals surface area (Å²) in [5.74, 6) is 2.22. The van der Waals surface area contributed by atoms with E-state index in [1.165, 1.54) is 0 Å². The van der Waals surface area contributed by atoms with Gasteiger partial charge < -0.3 is 0 Å². The molecule has 0 aromatic rings. The SMILES string of the molecule is N#CC1CC2CC3(C#N)CC1C23. The molecular weight excluding hydrogens is 148 g/mol. The molecule has 60 valence electrons. The number of nitrogens with zero attached hydrogens (tertiary/aromatic N) is 2. The third kappa shape index (κ3) is 0.442. The van der Waals surface area contributed by atoms with Crippen LogP contribution in [0, 0.1) is 51.7 Å². The van der Waals surface area contributed by atoms with Gasteiger partial charge in [-0.2, -0.15) is 10.5 Å². The first kappa shape index (κ1) is 6.49. The first-order chi connectivity index (χ1) is 5.80. The van der Waals surface area contributed by atoms with Crippen LogP contribution in [0.25, 0.3) is 0 Å². The summed E-state index contributed by atoms with van der Waals surface area (Å²) in [6.07, 6.45) is 3.18. The Kier molecular flexibility index (Phi) is 0.901. The van der Waals surface area contributed by atoms with Crippen molar-refractivity contribution in [2.24, 2.45) is 29.1 Å². The maximum absolute atomic E-state index is 8.96. The summed E-state index contributed by atoms with van der Waals surface area (Å²) in [4.78, 5) is 0. The van der Waals surface area contributed by atoms with Gasteiger partial charge in [0.2, 0.25) is 0 Å². The molecular formula is C10H10N2. The highest BCUT2D eigenvalue weighted by atomic mass is 14.7. The first-order valence-corrected chi connectivity index (χ1v) is 4.61.